The molecular weight excluding hydrogens is 258 g/mol. The first-order valence-electron chi connectivity index (χ1n) is 5.02. The predicted octanol–water partition coefficient (Wildman–Crippen LogP) is 4.23. The zero-order chi connectivity index (χ0) is 13.1. The summed E-state index contributed by atoms with van der Waals surface area (Å²) < 4.78 is 27.0. The van der Waals surface area contributed by atoms with E-state index in [4.69, 9.17) is 16.9 Å². The van der Waals surface area contributed by atoms with Crippen LogP contribution in [0.25, 0.3) is 0 Å². The van der Waals surface area contributed by atoms with Crippen molar-refractivity contribution in [2.75, 3.05) is 5.32 Å². The first-order chi connectivity index (χ1) is 8.61. The Balaban J connectivity index is 2.36. The molecule has 0 fully saturated rings. The molecule has 0 saturated heterocycles. The summed E-state index contributed by atoms with van der Waals surface area (Å²) in [5, 5.41) is 11.7. The molecule has 2 aromatic rings. The summed E-state index contributed by atoms with van der Waals surface area (Å²) in [6, 6.07) is 10.7. The van der Waals surface area contributed by atoms with Crippen LogP contribution in [0.5, 0.6) is 0 Å². The van der Waals surface area contributed by atoms with Crippen molar-refractivity contribution in [2.24, 2.45) is 0 Å². The Hall–Kier alpha value is -2.12. The molecule has 0 atom stereocenters. The van der Waals surface area contributed by atoms with Gasteiger partial charge in [0, 0.05) is 10.7 Å². The monoisotopic (exact) mass is 264 g/mol. The normalized spacial score (nSPS) is 9.89. The number of halogens is 3. The van der Waals surface area contributed by atoms with Crippen LogP contribution >= 0.6 is 11.6 Å². The number of rotatable bonds is 2. The van der Waals surface area contributed by atoms with Gasteiger partial charge in [0.15, 0.2) is 11.6 Å². The fourth-order valence-corrected chi connectivity index (χ4v) is 1.64. The van der Waals surface area contributed by atoms with Crippen LogP contribution in [0.2, 0.25) is 5.02 Å². The van der Waals surface area contributed by atoms with Gasteiger partial charge in [-0.2, -0.15) is 5.26 Å². The van der Waals surface area contributed by atoms with E-state index in [1.807, 2.05) is 0 Å². The number of nitriles is 1. The molecule has 0 bridgehead atoms. The molecule has 0 aliphatic rings. The van der Waals surface area contributed by atoms with Gasteiger partial charge in [-0.1, -0.05) is 17.7 Å². The van der Waals surface area contributed by atoms with Crippen LogP contribution in [-0.4, -0.2) is 0 Å². The molecular formula is C13H7ClF2N2. The number of anilines is 2. The van der Waals surface area contributed by atoms with Crippen LogP contribution in [0.15, 0.2) is 36.4 Å². The number of benzene rings is 2. The van der Waals surface area contributed by atoms with E-state index < -0.39 is 11.6 Å². The Bertz CT molecular complexity index is 635. The van der Waals surface area contributed by atoms with Gasteiger partial charge in [-0.25, -0.2) is 8.78 Å². The van der Waals surface area contributed by atoms with Crippen LogP contribution in [-0.2, 0) is 0 Å². The molecule has 2 rings (SSSR count). The SMILES string of the molecule is N#Cc1ccc(Nc2cccc(Cl)c2)c(F)c1F. The molecule has 5 heteroatoms. The first kappa shape index (κ1) is 12.3. The third kappa shape index (κ3) is 2.41. The van der Waals surface area contributed by atoms with Crippen LogP contribution in [0.3, 0.4) is 0 Å². The fraction of sp³-hybridized carbons (Fsp3) is 0. The minimum atomic E-state index is -1.16. The summed E-state index contributed by atoms with van der Waals surface area (Å²) in [7, 11) is 0. The molecule has 0 saturated carbocycles. The van der Waals surface area contributed by atoms with E-state index in [0.717, 1.165) is 0 Å². The molecule has 1 N–H and O–H groups in total. The molecule has 0 amide bonds. The maximum Gasteiger partial charge on any atom is 0.183 e. The van der Waals surface area contributed by atoms with Crippen molar-refractivity contribution in [1.82, 2.24) is 0 Å². The van der Waals surface area contributed by atoms with Gasteiger partial charge in [0.05, 0.1) is 11.3 Å². The number of hydrogen-bond donors (Lipinski definition) is 1. The van der Waals surface area contributed by atoms with Gasteiger partial charge in [-0.3, -0.25) is 0 Å². The van der Waals surface area contributed by atoms with Crippen molar-refractivity contribution < 1.29 is 8.78 Å². The summed E-state index contributed by atoms with van der Waals surface area (Å²) in [5.41, 5.74) is 0.156. The van der Waals surface area contributed by atoms with Gasteiger partial charge in [0.1, 0.15) is 6.07 Å². The molecule has 0 unspecified atom stereocenters. The van der Waals surface area contributed by atoms with Crippen LogP contribution in [0.4, 0.5) is 20.2 Å². The lowest BCUT2D eigenvalue weighted by Crippen LogP contribution is -1.98. The maximum absolute atomic E-state index is 13.6. The number of nitrogens with zero attached hydrogens (tertiary/aromatic N) is 1. The molecule has 2 aromatic carbocycles. The Morgan fingerprint density at radius 3 is 2.56 bits per heavy atom. The maximum atomic E-state index is 13.6. The second-order valence-electron chi connectivity index (χ2n) is 3.54. The molecule has 90 valence electrons. The van der Waals surface area contributed by atoms with Crippen LogP contribution in [0, 0.1) is 23.0 Å². The molecule has 0 aliphatic carbocycles. The van der Waals surface area contributed by atoms with Gasteiger partial charge >= 0.3 is 0 Å². The fourth-order valence-electron chi connectivity index (χ4n) is 1.45. The van der Waals surface area contributed by atoms with E-state index in [1.165, 1.54) is 12.1 Å². The standard InChI is InChI=1S/C13H7ClF2N2/c14-9-2-1-3-10(6-9)18-11-5-4-8(7-17)12(15)13(11)16/h1-6,18H. The molecule has 0 aromatic heterocycles. The third-order valence-electron chi connectivity index (χ3n) is 2.31. The highest BCUT2D eigenvalue weighted by Gasteiger charge is 2.13. The summed E-state index contributed by atoms with van der Waals surface area (Å²) in [6.45, 7) is 0. The van der Waals surface area contributed by atoms with E-state index in [-0.39, 0.29) is 11.3 Å². The quantitative estimate of drug-likeness (QED) is 0.881. The van der Waals surface area contributed by atoms with Gasteiger partial charge in [0.25, 0.3) is 0 Å². The zero-order valence-corrected chi connectivity index (χ0v) is 9.80. The summed E-state index contributed by atoms with van der Waals surface area (Å²) in [5.74, 6) is -2.25. The zero-order valence-electron chi connectivity index (χ0n) is 9.05. The molecule has 0 aliphatic heterocycles. The van der Waals surface area contributed by atoms with E-state index >= 15 is 0 Å². The molecule has 0 spiro atoms. The molecule has 0 heterocycles. The minimum absolute atomic E-state index is 0.0474. The van der Waals surface area contributed by atoms with Crippen molar-refractivity contribution in [2.45, 2.75) is 0 Å². The average molecular weight is 265 g/mol. The van der Waals surface area contributed by atoms with Gasteiger partial charge in [-0.15, -0.1) is 0 Å². The highest BCUT2D eigenvalue weighted by atomic mass is 35.5. The lowest BCUT2D eigenvalue weighted by atomic mass is 10.2. The predicted molar refractivity (Wildman–Crippen MR) is 65.8 cm³/mol. The van der Waals surface area contributed by atoms with Gasteiger partial charge < -0.3 is 5.32 Å². The summed E-state index contributed by atoms with van der Waals surface area (Å²) in [4.78, 5) is 0. The Labute approximate surface area is 107 Å². The highest BCUT2D eigenvalue weighted by Crippen LogP contribution is 2.25. The Morgan fingerprint density at radius 1 is 1.11 bits per heavy atom. The third-order valence-corrected chi connectivity index (χ3v) is 2.54. The summed E-state index contributed by atoms with van der Waals surface area (Å²) >= 11 is 5.78. The molecule has 18 heavy (non-hydrogen) atoms. The van der Waals surface area contributed by atoms with E-state index in [1.54, 1.807) is 30.3 Å². The minimum Gasteiger partial charge on any atom is -0.353 e. The average Bonchev–Trinajstić information content (AvgIpc) is 2.35. The highest BCUT2D eigenvalue weighted by molar-refractivity contribution is 6.30. The number of hydrogen-bond acceptors (Lipinski definition) is 2. The topological polar surface area (TPSA) is 35.8 Å². The lowest BCUT2D eigenvalue weighted by Gasteiger charge is -2.08. The van der Waals surface area contributed by atoms with E-state index in [0.29, 0.717) is 10.7 Å². The largest absolute Gasteiger partial charge is 0.353 e. The molecule has 0 radical (unpaired) electrons. The van der Waals surface area contributed by atoms with Crippen molar-refractivity contribution in [1.29, 1.82) is 5.26 Å². The van der Waals surface area contributed by atoms with E-state index in [2.05, 4.69) is 5.32 Å². The lowest BCUT2D eigenvalue weighted by molar-refractivity contribution is 0.509. The van der Waals surface area contributed by atoms with E-state index in [9.17, 15) is 8.78 Å². The van der Waals surface area contributed by atoms with Crippen LogP contribution in [0.1, 0.15) is 5.56 Å². The summed E-state index contributed by atoms with van der Waals surface area (Å²) in [6.07, 6.45) is 0. The van der Waals surface area contributed by atoms with Crippen molar-refractivity contribution in [3.8, 4) is 6.07 Å². The van der Waals surface area contributed by atoms with Crippen molar-refractivity contribution in [3.05, 3.63) is 58.6 Å². The Morgan fingerprint density at radius 2 is 1.89 bits per heavy atom. The van der Waals surface area contributed by atoms with Crippen molar-refractivity contribution >= 4 is 23.0 Å². The van der Waals surface area contributed by atoms with Gasteiger partial charge in [0.2, 0.25) is 0 Å². The number of nitrogens with one attached hydrogen (secondary N) is 1. The van der Waals surface area contributed by atoms with Gasteiger partial charge in [-0.05, 0) is 30.3 Å². The van der Waals surface area contributed by atoms with Crippen LogP contribution < -0.4 is 5.32 Å². The Kier molecular flexibility index (Phi) is 3.45. The van der Waals surface area contributed by atoms with Crippen molar-refractivity contribution in [3.63, 3.8) is 0 Å². The second-order valence-corrected chi connectivity index (χ2v) is 3.97. The second kappa shape index (κ2) is 5.03. The molecule has 2 nitrogen and oxygen atoms in total. The first-order valence-corrected chi connectivity index (χ1v) is 5.40. The smallest absolute Gasteiger partial charge is 0.183 e.